The maximum Gasteiger partial charge on any atom is 0.160 e. The highest BCUT2D eigenvalue weighted by Crippen LogP contribution is 2.31. The lowest BCUT2D eigenvalue weighted by atomic mass is 9.85. The molecule has 18 heavy (non-hydrogen) atoms. The molecule has 1 unspecified atom stereocenters. The van der Waals surface area contributed by atoms with Crippen LogP contribution in [0.5, 0.6) is 0 Å². The van der Waals surface area contributed by atoms with Crippen LogP contribution in [0.1, 0.15) is 43.1 Å². The molecule has 0 spiro atoms. The molecule has 0 aromatic carbocycles. The van der Waals surface area contributed by atoms with Crippen LogP contribution in [0.4, 0.5) is 0 Å². The lowest BCUT2D eigenvalue weighted by Crippen LogP contribution is -2.20. The molecule has 0 radical (unpaired) electrons. The number of alkyl halides is 1. The van der Waals surface area contributed by atoms with Crippen LogP contribution in [0.15, 0.2) is 12.1 Å². The monoisotopic (exact) mass is 263 g/mol. The van der Waals surface area contributed by atoms with Gasteiger partial charge in [0.05, 0.1) is 5.38 Å². The number of rotatable bonds is 3. The molecule has 1 fully saturated rings. The summed E-state index contributed by atoms with van der Waals surface area (Å²) in [5.41, 5.74) is 2.98. The van der Waals surface area contributed by atoms with Gasteiger partial charge in [0, 0.05) is 12.2 Å². The van der Waals surface area contributed by atoms with E-state index in [4.69, 9.17) is 11.6 Å². The number of hydrogen-bond acceptors (Lipinski definition) is 2. The molecule has 1 aliphatic carbocycles. The van der Waals surface area contributed by atoms with E-state index in [2.05, 4.69) is 14.5 Å². The largest absolute Gasteiger partial charge is 0.311 e. The number of nitrogens with zero attached hydrogens (tertiary/aromatic N) is 3. The van der Waals surface area contributed by atoms with Crippen LogP contribution in [-0.2, 0) is 6.54 Å². The van der Waals surface area contributed by atoms with Crippen LogP contribution < -0.4 is 0 Å². The predicted molar refractivity (Wildman–Crippen MR) is 73.9 cm³/mol. The third-order valence-corrected chi connectivity index (χ3v) is 3.98. The first-order valence-electron chi connectivity index (χ1n) is 6.63. The zero-order valence-corrected chi connectivity index (χ0v) is 11.6. The second-order valence-corrected chi connectivity index (χ2v) is 5.94. The smallest absolute Gasteiger partial charge is 0.160 e. The van der Waals surface area contributed by atoms with Gasteiger partial charge in [-0.2, -0.15) is 0 Å². The molecule has 0 bridgehead atoms. The first-order chi connectivity index (χ1) is 8.65. The molecule has 96 valence electrons. The Balaban J connectivity index is 2.10. The first kappa shape index (κ1) is 12.0. The molecule has 0 saturated heterocycles. The van der Waals surface area contributed by atoms with Crippen LogP contribution >= 0.6 is 11.6 Å². The van der Waals surface area contributed by atoms with Crippen molar-refractivity contribution in [2.45, 2.75) is 45.0 Å². The summed E-state index contributed by atoms with van der Waals surface area (Å²) in [6.07, 6.45) is 4.00. The number of fused-ring (bicyclic) bond motifs is 1. The van der Waals surface area contributed by atoms with E-state index < -0.39 is 0 Å². The molecule has 1 atom stereocenters. The van der Waals surface area contributed by atoms with Crippen molar-refractivity contribution in [3.05, 3.63) is 23.7 Å². The predicted octanol–water partition coefficient (Wildman–Crippen LogP) is 3.84. The molecule has 3 rings (SSSR count). The summed E-state index contributed by atoms with van der Waals surface area (Å²) in [4.78, 5) is 9.27. The van der Waals surface area contributed by atoms with Gasteiger partial charge in [-0.15, -0.1) is 11.6 Å². The Kier molecular flexibility index (Phi) is 3.02. The highest BCUT2D eigenvalue weighted by molar-refractivity contribution is 6.20. The van der Waals surface area contributed by atoms with E-state index >= 15 is 0 Å². The molecular formula is C14H18ClN3. The van der Waals surface area contributed by atoms with Gasteiger partial charge in [0.1, 0.15) is 11.3 Å². The number of imidazole rings is 1. The minimum absolute atomic E-state index is 0.0698. The van der Waals surface area contributed by atoms with Gasteiger partial charge >= 0.3 is 0 Å². The van der Waals surface area contributed by atoms with Gasteiger partial charge < -0.3 is 4.57 Å². The highest BCUT2D eigenvalue weighted by atomic mass is 35.5. The van der Waals surface area contributed by atoms with Gasteiger partial charge in [-0.3, -0.25) is 0 Å². The van der Waals surface area contributed by atoms with Crippen molar-refractivity contribution in [1.29, 1.82) is 0 Å². The second kappa shape index (κ2) is 4.54. The van der Waals surface area contributed by atoms with E-state index in [-0.39, 0.29) is 5.38 Å². The number of hydrogen-bond donors (Lipinski definition) is 0. The topological polar surface area (TPSA) is 30.7 Å². The van der Waals surface area contributed by atoms with Crippen molar-refractivity contribution in [2.75, 3.05) is 0 Å². The molecule has 4 heteroatoms. The maximum atomic E-state index is 6.25. The Bertz CT molecular complexity index is 570. The van der Waals surface area contributed by atoms with Crippen LogP contribution in [0.2, 0.25) is 0 Å². The minimum Gasteiger partial charge on any atom is -0.311 e. The Hall–Kier alpha value is -1.09. The Morgan fingerprint density at radius 1 is 1.39 bits per heavy atom. The minimum atomic E-state index is -0.0698. The standard InChI is InChI=1S/C14H18ClN3/c1-9-6-7-12-14(16-9)18(8-11-4-3-5-11)13(17-12)10(2)15/h6-7,10-11H,3-5,8H2,1-2H3. The summed E-state index contributed by atoms with van der Waals surface area (Å²) >= 11 is 6.25. The average molecular weight is 264 g/mol. The van der Waals surface area contributed by atoms with Crippen molar-refractivity contribution >= 4 is 22.8 Å². The van der Waals surface area contributed by atoms with Crippen molar-refractivity contribution in [1.82, 2.24) is 14.5 Å². The van der Waals surface area contributed by atoms with Crippen LogP contribution in [-0.4, -0.2) is 14.5 Å². The van der Waals surface area contributed by atoms with Gasteiger partial charge in [-0.25, -0.2) is 9.97 Å². The van der Waals surface area contributed by atoms with Crippen LogP contribution in [0.25, 0.3) is 11.2 Å². The average Bonchev–Trinajstić information content (AvgIpc) is 2.61. The highest BCUT2D eigenvalue weighted by Gasteiger charge is 2.23. The number of aromatic nitrogens is 3. The number of aryl methyl sites for hydroxylation is 1. The van der Waals surface area contributed by atoms with Crippen molar-refractivity contribution in [2.24, 2.45) is 5.92 Å². The lowest BCUT2D eigenvalue weighted by molar-refractivity contribution is 0.276. The second-order valence-electron chi connectivity index (χ2n) is 5.29. The van der Waals surface area contributed by atoms with Gasteiger partial charge in [0.25, 0.3) is 0 Å². The van der Waals surface area contributed by atoms with Crippen LogP contribution in [0.3, 0.4) is 0 Å². The molecule has 0 N–H and O–H groups in total. The molecule has 0 amide bonds. The molecule has 2 aromatic rings. The molecule has 3 nitrogen and oxygen atoms in total. The Morgan fingerprint density at radius 2 is 2.17 bits per heavy atom. The van der Waals surface area contributed by atoms with E-state index in [1.807, 2.05) is 26.0 Å². The van der Waals surface area contributed by atoms with Gasteiger partial charge in [-0.1, -0.05) is 6.42 Å². The molecule has 0 aliphatic heterocycles. The normalized spacial score (nSPS) is 17.9. The summed E-state index contributed by atoms with van der Waals surface area (Å²) in [7, 11) is 0. The van der Waals surface area contributed by atoms with E-state index in [1.54, 1.807) is 0 Å². The zero-order valence-electron chi connectivity index (χ0n) is 10.9. The van der Waals surface area contributed by atoms with Gasteiger partial charge in [-0.05, 0) is 44.7 Å². The van der Waals surface area contributed by atoms with Crippen molar-refractivity contribution in [3.63, 3.8) is 0 Å². The summed E-state index contributed by atoms with van der Waals surface area (Å²) in [6, 6.07) is 4.05. The lowest BCUT2D eigenvalue weighted by Gasteiger charge is -2.26. The molecule has 1 saturated carbocycles. The third kappa shape index (κ3) is 2.01. The Morgan fingerprint density at radius 3 is 2.78 bits per heavy atom. The fourth-order valence-corrected chi connectivity index (χ4v) is 2.70. The summed E-state index contributed by atoms with van der Waals surface area (Å²) in [5, 5.41) is -0.0698. The molecule has 1 aliphatic rings. The van der Waals surface area contributed by atoms with E-state index in [0.717, 1.165) is 35.1 Å². The summed E-state index contributed by atoms with van der Waals surface area (Å²) < 4.78 is 2.23. The summed E-state index contributed by atoms with van der Waals surface area (Å²) in [5.74, 6) is 1.73. The van der Waals surface area contributed by atoms with Crippen LogP contribution in [0, 0.1) is 12.8 Å². The molecule has 2 heterocycles. The van der Waals surface area contributed by atoms with Gasteiger partial charge in [0.15, 0.2) is 5.65 Å². The van der Waals surface area contributed by atoms with Gasteiger partial charge in [0.2, 0.25) is 0 Å². The Labute approximate surface area is 112 Å². The number of halogens is 1. The van der Waals surface area contributed by atoms with Crippen molar-refractivity contribution in [3.8, 4) is 0 Å². The fourth-order valence-electron chi connectivity index (χ4n) is 2.53. The SMILES string of the molecule is Cc1ccc2nc(C(C)Cl)n(CC3CCC3)c2n1. The fraction of sp³-hybridized carbons (Fsp3) is 0.571. The first-order valence-corrected chi connectivity index (χ1v) is 7.06. The molecular weight excluding hydrogens is 246 g/mol. The van der Waals surface area contributed by atoms with Crippen molar-refractivity contribution < 1.29 is 0 Å². The number of pyridine rings is 1. The van der Waals surface area contributed by atoms with E-state index in [1.165, 1.54) is 19.3 Å². The quantitative estimate of drug-likeness (QED) is 0.788. The maximum absolute atomic E-state index is 6.25. The van der Waals surface area contributed by atoms with E-state index in [9.17, 15) is 0 Å². The summed E-state index contributed by atoms with van der Waals surface area (Å²) in [6.45, 7) is 5.01. The van der Waals surface area contributed by atoms with E-state index in [0.29, 0.717) is 0 Å². The third-order valence-electron chi connectivity index (χ3n) is 3.78. The molecule has 2 aromatic heterocycles. The zero-order chi connectivity index (χ0) is 12.7.